The minimum Gasteiger partial charge on any atom is -0.369 e. The number of hydrogen-bond acceptors (Lipinski definition) is 3. The molecule has 134 valence electrons. The fourth-order valence-corrected chi connectivity index (χ4v) is 3.24. The summed E-state index contributed by atoms with van der Waals surface area (Å²) in [6, 6.07) is 9.22. The number of nitrogens with one attached hydrogen (secondary N) is 2. The molecule has 1 aromatic carbocycles. The second kappa shape index (κ2) is 11.6. The van der Waals surface area contributed by atoms with E-state index in [-0.39, 0.29) is 24.0 Å². The fraction of sp³-hybridized carbons (Fsp3) is 0.500. The van der Waals surface area contributed by atoms with E-state index in [1.165, 1.54) is 11.3 Å². The van der Waals surface area contributed by atoms with Crippen molar-refractivity contribution >= 4 is 47.4 Å². The Morgan fingerprint density at radius 1 is 1.42 bits per heavy atom. The van der Waals surface area contributed by atoms with Gasteiger partial charge in [0, 0.05) is 49.9 Å². The van der Waals surface area contributed by atoms with E-state index >= 15 is 0 Å². The molecule has 1 fully saturated rings. The number of anilines is 1. The smallest absolute Gasteiger partial charge is 0.191 e. The van der Waals surface area contributed by atoms with Crippen molar-refractivity contribution < 1.29 is 0 Å². The van der Waals surface area contributed by atoms with Crippen LogP contribution < -0.4 is 15.5 Å². The highest BCUT2D eigenvalue weighted by Crippen LogP contribution is 2.20. The first-order chi connectivity index (χ1) is 11.2. The van der Waals surface area contributed by atoms with Gasteiger partial charge in [-0.2, -0.15) is 11.8 Å². The highest BCUT2D eigenvalue weighted by molar-refractivity contribution is 14.0. The van der Waals surface area contributed by atoms with Crippen LogP contribution in [-0.4, -0.2) is 50.2 Å². The van der Waals surface area contributed by atoms with Gasteiger partial charge in [-0.15, -0.1) is 30.6 Å². The van der Waals surface area contributed by atoms with Gasteiger partial charge in [-0.3, -0.25) is 4.99 Å². The molecule has 1 aromatic rings. The van der Waals surface area contributed by atoms with Crippen LogP contribution >= 0.6 is 35.7 Å². The SMILES string of the molecule is C=CCSCCNC(=NC)NC1CCN(c2ccc(C)cc2)C1.I. The first-order valence-electron chi connectivity index (χ1n) is 8.20. The van der Waals surface area contributed by atoms with Crippen molar-refractivity contribution in [3.05, 3.63) is 42.5 Å². The summed E-state index contributed by atoms with van der Waals surface area (Å²) in [6.07, 6.45) is 3.08. The highest BCUT2D eigenvalue weighted by Gasteiger charge is 2.23. The van der Waals surface area contributed by atoms with E-state index in [0.717, 1.165) is 43.5 Å². The summed E-state index contributed by atoms with van der Waals surface area (Å²) in [4.78, 5) is 6.76. The number of aryl methyl sites for hydroxylation is 1. The van der Waals surface area contributed by atoms with Crippen molar-refractivity contribution in [2.24, 2.45) is 4.99 Å². The standard InChI is InChI=1S/C18H28N4S.HI/c1-4-12-23-13-10-20-18(19-3)21-16-9-11-22(14-16)17-7-5-15(2)6-8-17;/h4-8,16H,1,9-14H2,2-3H3,(H2,19,20,21);1H. The van der Waals surface area contributed by atoms with Gasteiger partial charge < -0.3 is 15.5 Å². The average molecular weight is 460 g/mol. The van der Waals surface area contributed by atoms with Crippen molar-refractivity contribution in [1.29, 1.82) is 0 Å². The van der Waals surface area contributed by atoms with Gasteiger partial charge >= 0.3 is 0 Å². The second-order valence-corrected chi connectivity index (χ2v) is 6.92. The molecule has 4 nitrogen and oxygen atoms in total. The zero-order valence-electron chi connectivity index (χ0n) is 14.6. The Balaban J connectivity index is 0.00000288. The molecule has 1 atom stereocenters. The van der Waals surface area contributed by atoms with Crippen LogP contribution in [-0.2, 0) is 0 Å². The van der Waals surface area contributed by atoms with Crippen LogP contribution in [0.4, 0.5) is 5.69 Å². The van der Waals surface area contributed by atoms with Gasteiger partial charge in [-0.1, -0.05) is 23.8 Å². The summed E-state index contributed by atoms with van der Waals surface area (Å²) in [7, 11) is 1.83. The minimum atomic E-state index is 0. The van der Waals surface area contributed by atoms with Crippen molar-refractivity contribution in [3.8, 4) is 0 Å². The normalized spacial score (nSPS) is 17.3. The van der Waals surface area contributed by atoms with E-state index in [4.69, 9.17) is 0 Å². The molecule has 0 amide bonds. The summed E-state index contributed by atoms with van der Waals surface area (Å²) in [6.45, 7) is 8.90. The lowest BCUT2D eigenvalue weighted by molar-refractivity contribution is 0.652. The molecular weight excluding hydrogens is 431 g/mol. The molecule has 24 heavy (non-hydrogen) atoms. The zero-order chi connectivity index (χ0) is 16.5. The maximum atomic E-state index is 4.33. The van der Waals surface area contributed by atoms with Gasteiger partial charge in [0.25, 0.3) is 0 Å². The van der Waals surface area contributed by atoms with Crippen molar-refractivity contribution in [1.82, 2.24) is 10.6 Å². The van der Waals surface area contributed by atoms with E-state index in [9.17, 15) is 0 Å². The molecule has 2 rings (SSSR count). The quantitative estimate of drug-likeness (QED) is 0.216. The van der Waals surface area contributed by atoms with Crippen LogP contribution in [0, 0.1) is 6.92 Å². The molecule has 1 aliphatic heterocycles. The first-order valence-corrected chi connectivity index (χ1v) is 9.36. The molecule has 1 aliphatic rings. The topological polar surface area (TPSA) is 39.7 Å². The van der Waals surface area contributed by atoms with Crippen LogP contribution in [0.1, 0.15) is 12.0 Å². The lowest BCUT2D eigenvalue weighted by atomic mass is 10.2. The maximum absolute atomic E-state index is 4.33. The molecule has 0 radical (unpaired) electrons. The van der Waals surface area contributed by atoms with E-state index in [0.29, 0.717) is 6.04 Å². The predicted molar refractivity (Wildman–Crippen MR) is 119 cm³/mol. The Hall–Kier alpha value is -0.890. The van der Waals surface area contributed by atoms with Gasteiger partial charge in [0.15, 0.2) is 5.96 Å². The number of hydrogen-bond donors (Lipinski definition) is 2. The molecular formula is C18H29IN4S. The maximum Gasteiger partial charge on any atom is 0.191 e. The van der Waals surface area contributed by atoms with Gasteiger partial charge in [0.05, 0.1) is 0 Å². The zero-order valence-corrected chi connectivity index (χ0v) is 17.8. The van der Waals surface area contributed by atoms with Crippen LogP contribution in [0.2, 0.25) is 0 Å². The number of guanidine groups is 1. The van der Waals surface area contributed by atoms with Crippen LogP contribution in [0.15, 0.2) is 41.9 Å². The molecule has 0 bridgehead atoms. The van der Waals surface area contributed by atoms with Gasteiger partial charge in [-0.05, 0) is 25.5 Å². The molecule has 0 aromatic heterocycles. The average Bonchev–Trinajstić information content (AvgIpc) is 3.02. The van der Waals surface area contributed by atoms with E-state index in [1.807, 2.05) is 24.9 Å². The summed E-state index contributed by atoms with van der Waals surface area (Å²) >= 11 is 1.88. The third-order valence-corrected chi connectivity index (χ3v) is 4.89. The van der Waals surface area contributed by atoms with Crippen LogP contribution in [0.3, 0.4) is 0 Å². The lowest BCUT2D eigenvalue weighted by Crippen LogP contribution is -2.45. The highest BCUT2D eigenvalue weighted by atomic mass is 127. The molecule has 6 heteroatoms. The number of benzene rings is 1. The third kappa shape index (κ3) is 6.93. The Kier molecular flexibility index (Phi) is 10.2. The third-order valence-electron chi connectivity index (χ3n) is 3.93. The van der Waals surface area contributed by atoms with Crippen molar-refractivity contribution in [2.45, 2.75) is 19.4 Å². The lowest BCUT2D eigenvalue weighted by Gasteiger charge is -2.20. The van der Waals surface area contributed by atoms with Gasteiger partial charge in [-0.25, -0.2) is 0 Å². The van der Waals surface area contributed by atoms with E-state index in [2.05, 4.69) is 58.3 Å². The number of thioether (sulfide) groups is 1. The predicted octanol–water partition coefficient (Wildman–Crippen LogP) is 3.28. The Labute approximate surface area is 167 Å². The van der Waals surface area contributed by atoms with E-state index < -0.39 is 0 Å². The molecule has 0 saturated carbocycles. The summed E-state index contributed by atoms with van der Waals surface area (Å²) in [5.41, 5.74) is 2.62. The molecule has 1 unspecified atom stereocenters. The van der Waals surface area contributed by atoms with Gasteiger partial charge in [0.1, 0.15) is 0 Å². The Morgan fingerprint density at radius 3 is 2.83 bits per heavy atom. The number of halogens is 1. The summed E-state index contributed by atoms with van der Waals surface area (Å²) < 4.78 is 0. The van der Waals surface area contributed by atoms with E-state index in [1.54, 1.807) is 0 Å². The minimum absolute atomic E-state index is 0. The number of rotatable bonds is 7. The fourth-order valence-electron chi connectivity index (χ4n) is 2.66. The monoisotopic (exact) mass is 460 g/mol. The molecule has 1 heterocycles. The number of nitrogens with zero attached hydrogens (tertiary/aromatic N) is 2. The number of aliphatic imine (C=N–C) groups is 1. The van der Waals surface area contributed by atoms with Gasteiger partial charge in [0.2, 0.25) is 0 Å². The first kappa shape index (κ1) is 21.2. The summed E-state index contributed by atoms with van der Waals surface area (Å²) in [5, 5.41) is 6.92. The Morgan fingerprint density at radius 2 is 2.17 bits per heavy atom. The second-order valence-electron chi connectivity index (χ2n) is 5.77. The Bertz CT molecular complexity index is 518. The molecule has 0 spiro atoms. The molecule has 2 N–H and O–H groups in total. The van der Waals surface area contributed by atoms with Crippen molar-refractivity contribution in [3.63, 3.8) is 0 Å². The summed E-state index contributed by atoms with van der Waals surface area (Å²) in [5.74, 6) is 2.97. The largest absolute Gasteiger partial charge is 0.369 e. The van der Waals surface area contributed by atoms with Crippen molar-refractivity contribution in [2.75, 3.05) is 43.1 Å². The van der Waals surface area contributed by atoms with Crippen LogP contribution in [0.25, 0.3) is 0 Å². The molecule has 1 saturated heterocycles. The van der Waals surface area contributed by atoms with Crippen LogP contribution in [0.5, 0.6) is 0 Å². The molecule has 0 aliphatic carbocycles.